The summed E-state index contributed by atoms with van der Waals surface area (Å²) < 4.78 is 7.11. The number of carbonyl (C=O) groups is 1. The fourth-order valence-corrected chi connectivity index (χ4v) is 2.75. The van der Waals surface area contributed by atoms with Crippen LogP contribution in [0.1, 0.15) is 17.3 Å². The first-order valence-corrected chi connectivity index (χ1v) is 8.79. The summed E-state index contributed by atoms with van der Waals surface area (Å²) in [5.74, 6) is 0.406. The van der Waals surface area contributed by atoms with Gasteiger partial charge in [-0.05, 0) is 77.5 Å². The maximum absolute atomic E-state index is 12.2. The number of amides is 1. The molecule has 0 aliphatic rings. The Morgan fingerprint density at radius 3 is 2.48 bits per heavy atom. The largest absolute Gasteiger partial charge is 0.493 e. The van der Waals surface area contributed by atoms with Gasteiger partial charge in [0.25, 0.3) is 5.91 Å². The number of nitrogens with one attached hydrogen (secondary N) is 2. The number of rotatable bonds is 4. The molecular weight excluding hydrogens is 444 g/mol. The van der Waals surface area contributed by atoms with Crippen molar-refractivity contribution in [1.29, 1.82) is 0 Å². The zero-order chi connectivity index (χ0) is 16.8. The summed E-state index contributed by atoms with van der Waals surface area (Å²) in [4.78, 5) is 12.2. The summed E-state index contributed by atoms with van der Waals surface area (Å²) >= 11 is 11.9. The Bertz CT molecular complexity index is 721. The molecular formula is C16H14Br2N2O2S. The van der Waals surface area contributed by atoms with Gasteiger partial charge in [0.1, 0.15) is 5.75 Å². The van der Waals surface area contributed by atoms with E-state index in [9.17, 15) is 4.79 Å². The Morgan fingerprint density at radius 2 is 1.87 bits per heavy atom. The minimum Gasteiger partial charge on any atom is -0.493 e. The molecule has 4 nitrogen and oxygen atoms in total. The van der Waals surface area contributed by atoms with E-state index >= 15 is 0 Å². The standard InChI is InChI=1S/C16H14Br2N2O2S/c1-2-22-14-8-3-10(9-13(14)18)15(21)20-16(23)19-12-6-4-11(17)5-7-12/h3-9H,2H2,1H3,(H2,19,20,21,23). The number of hydrogen-bond acceptors (Lipinski definition) is 3. The van der Waals surface area contributed by atoms with Crippen LogP contribution in [0.4, 0.5) is 5.69 Å². The van der Waals surface area contributed by atoms with Gasteiger partial charge in [-0.1, -0.05) is 15.9 Å². The molecule has 0 aliphatic heterocycles. The lowest BCUT2D eigenvalue weighted by Gasteiger charge is -2.11. The second kappa shape index (κ2) is 8.42. The molecule has 0 fully saturated rings. The van der Waals surface area contributed by atoms with Gasteiger partial charge in [-0.15, -0.1) is 0 Å². The Kier molecular flexibility index (Phi) is 6.56. The van der Waals surface area contributed by atoms with Gasteiger partial charge in [0, 0.05) is 15.7 Å². The van der Waals surface area contributed by atoms with E-state index in [0.29, 0.717) is 17.9 Å². The third-order valence-corrected chi connectivity index (χ3v) is 4.18. The van der Waals surface area contributed by atoms with Crippen molar-refractivity contribution in [2.75, 3.05) is 11.9 Å². The summed E-state index contributed by atoms with van der Waals surface area (Å²) in [5.41, 5.74) is 1.28. The number of thiocarbonyl (C=S) groups is 1. The number of hydrogen-bond donors (Lipinski definition) is 2. The van der Waals surface area contributed by atoms with Crippen LogP contribution in [0.2, 0.25) is 0 Å². The molecule has 0 unspecified atom stereocenters. The maximum Gasteiger partial charge on any atom is 0.257 e. The van der Waals surface area contributed by atoms with Crippen molar-refractivity contribution in [3.05, 3.63) is 57.0 Å². The fourth-order valence-electron chi connectivity index (χ4n) is 1.79. The summed E-state index contributed by atoms with van der Waals surface area (Å²) in [6.07, 6.45) is 0. The molecule has 0 atom stereocenters. The highest BCUT2D eigenvalue weighted by molar-refractivity contribution is 9.10. The highest BCUT2D eigenvalue weighted by atomic mass is 79.9. The summed E-state index contributed by atoms with van der Waals surface area (Å²) in [6.45, 7) is 2.46. The van der Waals surface area contributed by atoms with Crippen molar-refractivity contribution in [2.45, 2.75) is 6.92 Å². The molecule has 1 amide bonds. The molecule has 0 radical (unpaired) electrons. The van der Waals surface area contributed by atoms with Crippen LogP contribution in [0.3, 0.4) is 0 Å². The van der Waals surface area contributed by atoms with Crippen molar-refractivity contribution in [1.82, 2.24) is 5.32 Å². The van der Waals surface area contributed by atoms with E-state index in [1.807, 2.05) is 31.2 Å². The third-order valence-electron chi connectivity index (χ3n) is 2.82. The van der Waals surface area contributed by atoms with Gasteiger partial charge in [-0.3, -0.25) is 10.1 Å². The van der Waals surface area contributed by atoms with Crippen LogP contribution in [0.25, 0.3) is 0 Å². The molecule has 2 N–H and O–H groups in total. The van der Waals surface area contributed by atoms with Crippen molar-refractivity contribution in [2.24, 2.45) is 0 Å². The van der Waals surface area contributed by atoms with E-state index in [0.717, 1.165) is 14.6 Å². The lowest BCUT2D eigenvalue weighted by Crippen LogP contribution is -2.34. The van der Waals surface area contributed by atoms with Gasteiger partial charge in [0.2, 0.25) is 0 Å². The topological polar surface area (TPSA) is 50.4 Å². The molecule has 2 aromatic rings. The van der Waals surface area contributed by atoms with Crippen LogP contribution in [0.5, 0.6) is 5.75 Å². The molecule has 120 valence electrons. The number of carbonyl (C=O) groups excluding carboxylic acids is 1. The Hall–Kier alpha value is -1.44. The summed E-state index contributed by atoms with van der Waals surface area (Å²) in [6, 6.07) is 12.6. The zero-order valence-electron chi connectivity index (χ0n) is 12.2. The van der Waals surface area contributed by atoms with E-state index in [1.165, 1.54) is 0 Å². The molecule has 0 spiro atoms. The first-order valence-electron chi connectivity index (χ1n) is 6.80. The van der Waals surface area contributed by atoms with Crippen molar-refractivity contribution < 1.29 is 9.53 Å². The SMILES string of the molecule is CCOc1ccc(C(=O)NC(=S)Nc2ccc(Br)cc2)cc1Br. The Labute approximate surface area is 156 Å². The number of benzene rings is 2. The molecule has 0 aliphatic carbocycles. The number of halogens is 2. The summed E-state index contributed by atoms with van der Waals surface area (Å²) in [7, 11) is 0. The van der Waals surface area contributed by atoms with Crippen LogP contribution < -0.4 is 15.4 Å². The molecule has 2 rings (SSSR count). The van der Waals surface area contributed by atoms with Crippen molar-refractivity contribution in [3.63, 3.8) is 0 Å². The van der Waals surface area contributed by atoms with E-state index in [2.05, 4.69) is 42.5 Å². The minimum atomic E-state index is -0.289. The van der Waals surface area contributed by atoms with Gasteiger partial charge < -0.3 is 10.1 Å². The van der Waals surface area contributed by atoms with Crippen molar-refractivity contribution in [3.8, 4) is 5.75 Å². The van der Waals surface area contributed by atoms with E-state index in [4.69, 9.17) is 17.0 Å². The van der Waals surface area contributed by atoms with E-state index in [1.54, 1.807) is 18.2 Å². The van der Waals surface area contributed by atoms with Gasteiger partial charge in [-0.25, -0.2) is 0 Å². The first kappa shape index (κ1) is 17.9. The predicted octanol–water partition coefficient (Wildman–Crippen LogP) is 4.74. The fraction of sp³-hybridized carbons (Fsp3) is 0.125. The summed E-state index contributed by atoms with van der Waals surface area (Å²) in [5, 5.41) is 5.84. The smallest absolute Gasteiger partial charge is 0.257 e. The highest BCUT2D eigenvalue weighted by Gasteiger charge is 2.11. The third kappa shape index (κ3) is 5.30. The second-order valence-electron chi connectivity index (χ2n) is 4.49. The van der Waals surface area contributed by atoms with Crippen LogP contribution in [-0.4, -0.2) is 17.6 Å². The number of ether oxygens (including phenoxy) is 1. The lowest BCUT2D eigenvalue weighted by molar-refractivity contribution is 0.0977. The molecule has 0 bridgehead atoms. The maximum atomic E-state index is 12.2. The van der Waals surface area contributed by atoms with Crippen LogP contribution in [0, 0.1) is 0 Å². The van der Waals surface area contributed by atoms with Gasteiger partial charge in [-0.2, -0.15) is 0 Å². The Balaban J connectivity index is 1.99. The average Bonchev–Trinajstić information content (AvgIpc) is 2.51. The molecule has 0 aromatic heterocycles. The first-order chi connectivity index (χ1) is 11.0. The highest BCUT2D eigenvalue weighted by Crippen LogP contribution is 2.26. The molecule has 0 saturated heterocycles. The number of anilines is 1. The van der Waals surface area contributed by atoms with Crippen LogP contribution >= 0.6 is 44.1 Å². The molecule has 7 heteroatoms. The predicted molar refractivity (Wildman–Crippen MR) is 103 cm³/mol. The minimum absolute atomic E-state index is 0.238. The van der Waals surface area contributed by atoms with E-state index < -0.39 is 0 Å². The Morgan fingerprint density at radius 1 is 1.17 bits per heavy atom. The van der Waals surface area contributed by atoms with Crippen LogP contribution in [-0.2, 0) is 0 Å². The van der Waals surface area contributed by atoms with Gasteiger partial charge in [0.15, 0.2) is 5.11 Å². The van der Waals surface area contributed by atoms with Gasteiger partial charge in [0.05, 0.1) is 11.1 Å². The molecule has 23 heavy (non-hydrogen) atoms. The second-order valence-corrected chi connectivity index (χ2v) is 6.67. The van der Waals surface area contributed by atoms with Gasteiger partial charge >= 0.3 is 0 Å². The monoisotopic (exact) mass is 456 g/mol. The molecule has 0 heterocycles. The lowest BCUT2D eigenvalue weighted by atomic mass is 10.2. The normalized spacial score (nSPS) is 10.0. The quantitative estimate of drug-likeness (QED) is 0.651. The molecule has 2 aromatic carbocycles. The molecule has 0 saturated carbocycles. The average molecular weight is 458 g/mol. The van der Waals surface area contributed by atoms with Crippen LogP contribution in [0.15, 0.2) is 51.4 Å². The zero-order valence-corrected chi connectivity index (χ0v) is 16.2. The van der Waals surface area contributed by atoms with E-state index in [-0.39, 0.29) is 11.0 Å². The van der Waals surface area contributed by atoms with Crippen molar-refractivity contribution >= 4 is 60.8 Å².